The standard InChI is InChI=1S/C32H47NO13S/c1-6-18(3)25(35)41-24-11-12-26(4)19-8-9-20-28-13-23(34)31(37)21(15-33-14-17(2)7-10-22(33)27(31,5)36)30(28,44-46-47(39,40)45-43-28)16-29(20,26)42-32(19,24)38/h6,17,19-24,34,36-38H,7-16H2,1-5H3/b18-6+/t17-,19-,20+,21+,22-,23-,24-,26-,27+,28+,29+,30+,31-,32-/m0/s1. The molecule has 14 nitrogen and oxygen atoms in total. The molecular weight excluding hydrogens is 638 g/mol. The molecule has 8 rings (SSSR count). The summed E-state index contributed by atoms with van der Waals surface area (Å²) in [5.74, 6) is -4.51. The maximum absolute atomic E-state index is 12.9. The van der Waals surface area contributed by atoms with Crippen molar-refractivity contribution in [1.29, 1.82) is 0 Å². The summed E-state index contributed by atoms with van der Waals surface area (Å²) in [4.78, 5) is 27.1. The van der Waals surface area contributed by atoms with Gasteiger partial charge in [0.2, 0.25) is 5.79 Å². The van der Waals surface area contributed by atoms with E-state index in [4.69, 9.17) is 27.9 Å². The molecule has 4 aliphatic heterocycles. The number of hydrogen-bond donors (Lipinski definition) is 4. The molecule has 4 aliphatic carbocycles. The van der Waals surface area contributed by atoms with Gasteiger partial charge in [0.25, 0.3) is 0 Å². The van der Waals surface area contributed by atoms with Crippen LogP contribution < -0.4 is 0 Å². The lowest BCUT2D eigenvalue weighted by Gasteiger charge is -2.67. The van der Waals surface area contributed by atoms with Crippen molar-refractivity contribution < 1.29 is 61.6 Å². The lowest BCUT2D eigenvalue weighted by molar-refractivity contribution is -0.434. The van der Waals surface area contributed by atoms with Crippen LogP contribution in [0.25, 0.3) is 0 Å². The molecule has 4 heterocycles. The molecule has 0 amide bonds. The minimum Gasteiger partial charge on any atom is -0.453 e. The van der Waals surface area contributed by atoms with Crippen LogP contribution in [0.2, 0.25) is 0 Å². The van der Waals surface area contributed by atoms with Crippen LogP contribution in [0, 0.1) is 29.1 Å². The smallest absolute Gasteiger partial charge is 0.453 e. The Kier molecular flexibility index (Phi) is 6.83. The molecule has 8 fully saturated rings. The number of esters is 1. The van der Waals surface area contributed by atoms with Gasteiger partial charge in [0.05, 0.1) is 11.7 Å². The maximum Gasteiger partial charge on any atom is 0.453 e. The number of nitrogens with zero attached hydrogens (tertiary/aromatic N) is 1. The third-order valence-electron chi connectivity index (χ3n) is 14.5. The van der Waals surface area contributed by atoms with Crippen molar-refractivity contribution >= 4 is 16.4 Å². The van der Waals surface area contributed by atoms with E-state index in [-0.39, 0.29) is 25.3 Å². The third-order valence-corrected chi connectivity index (χ3v) is 15.0. The molecule has 0 aromatic heterocycles. The number of carbonyl (C=O) groups is 1. The normalized spacial score (nSPS) is 57.9. The first kappa shape index (κ1) is 32.9. The third kappa shape index (κ3) is 3.70. The molecule has 0 aromatic carbocycles. The monoisotopic (exact) mass is 685 g/mol. The minimum absolute atomic E-state index is 0.114. The molecule has 4 bridgehead atoms. The van der Waals surface area contributed by atoms with Gasteiger partial charge in [-0.25, -0.2) is 14.6 Å². The molecule has 0 unspecified atom stereocenters. The topological polar surface area (TPSA) is 191 Å². The van der Waals surface area contributed by atoms with E-state index in [1.807, 2.05) is 6.92 Å². The predicted octanol–water partition coefficient (Wildman–Crippen LogP) is 1.16. The van der Waals surface area contributed by atoms with Gasteiger partial charge in [-0.15, -0.1) is 0 Å². The number of hydrogen-bond acceptors (Lipinski definition) is 14. The number of aliphatic hydroxyl groups is 4. The van der Waals surface area contributed by atoms with E-state index in [1.165, 1.54) is 6.92 Å². The average Bonchev–Trinajstić information content (AvgIpc) is 3.15. The molecule has 1 spiro atoms. The first-order chi connectivity index (χ1) is 21.9. The maximum atomic E-state index is 12.9. The van der Waals surface area contributed by atoms with E-state index in [0.717, 1.165) is 6.42 Å². The van der Waals surface area contributed by atoms with Gasteiger partial charge in [-0.3, -0.25) is 4.90 Å². The summed E-state index contributed by atoms with van der Waals surface area (Å²) < 4.78 is 48.4. The molecule has 8 aliphatic rings. The second-order valence-corrected chi connectivity index (χ2v) is 17.4. The summed E-state index contributed by atoms with van der Waals surface area (Å²) in [6, 6.07) is -0.478. The second kappa shape index (κ2) is 9.75. The molecule has 264 valence electrons. The van der Waals surface area contributed by atoms with Crippen molar-refractivity contribution in [3.63, 3.8) is 0 Å². The quantitative estimate of drug-likeness (QED) is 0.184. The number of aliphatic hydroxyl groups excluding tert-OH is 1. The Morgan fingerprint density at radius 2 is 1.62 bits per heavy atom. The molecule has 14 atom stereocenters. The zero-order chi connectivity index (χ0) is 33.8. The van der Waals surface area contributed by atoms with Gasteiger partial charge in [0.15, 0.2) is 6.10 Å². The molecular formula is C32H47NO13S. The molecule has 0 aromatic rings. The van der Waals surface area contributed by atoms with Crippen molar-refractivity contribution in [2.75, 3.05) is 13.1 Å². The molecule has 4 N–H and O–H groups in total. The van der Waals surface area contributed by atoms with E-state index in [9.17, 15) is 33.6 Å². The van der Waals surface area contributed by atoms with Crippen molar-refractivity contribution in [2.45, 2.75) is 138 Å². The molecule has 4 saturated carbocycles. The van der Waals surface area contributed by atoms with Gasteiger partial charge in [-0.2, -0.15) is 8.42 Å². The van der Waals surface area contributed by atoms with Crippen LogP contribution in [-0.4, -0.2) is 105 Å². The Labute approximate surface area is 274 Å². The lowest BCUT2D eigenvalue weighted by atomic mass is 9.48. The van der Waals surface area contributed by atoms with Crippen LogP contribution >= 0.6 is 0 Å². The van der Waals surface area contributed by atoms with Gasteiger partial charge < -0.3 is 29.9 Å². The summed E-state index contributed by atoms with van der Waals surface area (Å²) in [5, 5.41) is 49.6. The van der Waals surface area contributed by atoms with Crippen LogP contribution in [-0.2, 0) is 43.1 Å². The van der Waals surface area contributed by atoms with Gasteiger partial charge in [-0.1, -0.05) is 28.6 Å². The summed E-state index contributed by atoms with van der Waals surface area (Å²) in [6.45, 7) is 9.74. The van der Waals surface area contributed by atoms with Gasteiger partial charge in [0, 0.05) is 60.7 Å². The van der Waals surface area contributed by atoms with E-state index in [0.29, 0.717) is 44.2 Å². The van der Waals surface area contributed by atoms with Crippen molar-refractivity contribution in [2.24, 2.45) is 29.1 Å². The van der Waals surface area contributed by atoms with Crippen LogP contribution in [0.15, 0.2) is 11.6 Å². The fraction of sp³-hybridized carbons (Fsp3) is 0.906. The first-order valence-electron chi connectivity index (χ1n) is 17.0. The summed E-state index contributed by atoms with van der Waals surface area (Å²) >= 11 is 0. The summed E-state index contributed by atoms with van der Waals surface area (Å²) in [6.07, 6.45) is 1.55. The highest BCUT2D eigenvalue weighted by Crippen LogP contribution is 2.79. The Hall–Kier alpha value is -1.24. The van der Waals surface area contributed by atoms with Crippen molar-refractivity contribution in [1.82, 2.24) is 4.90 Å². The Morgan fingerprint density at radius 3 is 2.32 bits per heavy atom. The van der Waals surface area contributed by atoms with Crippen LogP contribution in [0.3, 0.4) is 0 Å². The van der Waals surface area contributed by atoms with E-state index < -0.39 is 91.6 Å². The molecule has 0 radical (unpaired) electrons. The number of carbonyl (C=O) groups excluding carboxylic acids is 1. The number of rotatable bonds is 2. The predicted molar refractivity (Wildman–Crippen MR) is 158 cm³/mol. The van der Waals surface area contributed by atoms with E-state index in [1.54, 1.807) is 19.9 Å². The fourth-order valence-electron chi connectivity index (χ4n) is 12.3. The zero-order valence-electron chi connectivity index (χ0n) is 27.5. The molecule has 47 heavy (non-hydrogen) atoms. The number of fused-ring (bicyclic) bond motifs is 2. The van der Waals surface area contributed by atoms with E-state index >= 15 is 0 Å². The highest BCUT2D eigenvalue weighted by molar-refractivity contribution is 7.81. The molecule has 15 heteroatoms. The summed E-state index contributed by atoms with van der Waals surface area (Å²) in [5.41, 5.74) is -9.27. The van der Waals surface area contributed by atoms with Crippen LogP contribution in [0.4, 0.5) is 0 Å². The Bertz CT molecular complexity index is 1520. The van der Waals surface area contributed by atoms with Gasteiger partial charge >= 0.3 is 16.4 Å². The fourth-order valence-corrected chi connectivity index (χ4v) is 12.7. The van der Waals surface area contributed by atoms with Crippen LogP contribution in [0.5, 0.6) is 0 Å². The largest absolute Gasteiger partial charge is 0.453 e. The second-order valence-electron chi connectivity index (χ2n) is 16.3. The number of piperidine rings is 2. The summed E-state index contributed by atoms with van der Waals surface area (Å²) in [7, 11) is -4.83. The van der Waals surface area contributed by atoms with Crippen LogP contribution in [0.1, 0.15) is 86.0 Å². The molecule has 4 saturated heterocycles. The Balaban J connectivity index is 1.30. The Morgan fingerprint density at radius 1 is 0.936 bits per heavy atom. The highest BCUT2D eigenvalue weighted by Gasteiger charge is 2.91. The SMILES string of the molecule is C/C=C(\C)C(=O)O[C@H]1CC[C@@]2(C)[C@@H]3CC[C@H]4[C@@]2(C[C@]25OOS(=O)(=O)OO[C@]42C[C@H](O)[C@@]2(O)[C@@H]5CN4C[C@@H](C)CC[C@H]4[C@@]2(C)O)O[C@]13O. The first-order valence-corrected chi connectivity index (χ1v) is 18.3. The zero-order valence-corrected chi connectivity index (χ0v) is 28.3. The van der Waals surface area contributed by atoms with Gasteiger partial charge in [-0.05, 0) is 65.2 Å². The lowest BCUT2D eigenvalue weighted by Crippen LogP contribution is -2.85. The number of allylic oxidation sites excluding steroid dienone is 1. The minimum atomic E-state index is -4.83. The van der Waals surface area contributed by atoms with Crippen molar-refractivity contribution in [3.05, 3.63) is 11.6 Å². The number of ether oxygens (including phenoxy) is 2. The highest BCUT2D eigenvalue weighted by atomic mass is 32.3. The van der Waals surface area contributed by atoms with Gasteiger partial charge in [0.1, 0.15) is 22.4 Å². The van der Waals surface area contributed by atoms with E-state index in [2.05, 4.69) is 11.8 Å². The average molecular weight is 686 g/mol. The van der Waals surface area contributed by atoms with Crippen molar-refractivity contribution in [3.8, 4) is 0 Å².